The summed E-state index contributed by atoms with van der Waals surface area (Å²) in [4.78, 5) is 0. The van der Waals surface area contributed by atoms with Crippen LogP contribution < -0.4 is 0 Å². The van der Waals surface area contributed by atoms with Crippen LogP contribution in [0.15, 0.2) is 11.8 Å². The van der Waals surface area contributed by atoms with Crippen molar-refractivity contribution in [1.82, 2.24) is 0 Å². The Kier molecular flexibility index (Phi) is 3.04. The molecule has 0 bridgehead atoms. The Labute approximate surface area is 96.1 Å². The molecule has 0 aromatic carbocycles. The first-order chi connectivity index (χ1) is 7.06. The van der Waals surface area contributed by atoms with Gasteiger partial charge in [0.1, 0.15) is 5.60 Å². The average molecular weight is 228 g/mol. The van der Waals surface area contributed by atoms with Gasteiger partial charge in [-0.15, -0.1) is 0 Å². The first-order valence-electron chi connectivity index (χ1n) is 5.67. The number of hydrogen-bond donors (Lipinski definition) is 1. The van der Waals surface area contributed by atoms with E-state index in [1.54, 1.807) is 6.26 Å². The molecule has 0 aromatic heterocycles. The molecule has 0 saturated carbocycles. The zero-order valence-corrected chi connectivity index (χ0v) is 10.4. The lowest BCUT2D eigenvalue weighted by Gasteiger charge is -2.48. The van der Waals surface area contributed by atoms with E-state index in [4.69, 9.17) is 4.74 Å². The number of hydrogen-bond acceptors (Lipinski definition) is 3. The predicted molar refractivity (Wildman–Crippen MR) is 63.9 cm³/mol. The van der Waals surface area contributed by atoms with Crippen LogP contribution in [0.1, 0.15) is 33.1 Å². The molecule has 0 aliphatic carbocycles. The summed E-state index contributed by atoms with van der Waals surface area (Å²) in [5.41, 5.74) is 0.423. The number of thioether (sulfide) groups is 1. The van der Waals surface area contributed by atoms with E-state index in [9.17, 15) is 5.11 Å². The van der Waals surface area contributed by atoms with E-state index in [1.807, 2.05) is 11.8 Å². The minimum atomic E-state index is -0.656. The van der Waals surface area contributed by atoms with Crippen LogP contribution in [0.4, 0.5) is 0 Å². The van der Waals surface area contributed by atoms with Crippen LogP contribution in [-0.2, 0) is 4.74 Å². The highest BCUT2D eigenvalue weighted by atomic mass is 32.2. The van der Waals surface area contributed by atoms with Crippen molar-refractivity contribution in [3.05, 3.63) is 11.8 Å². The Morgan fingerprint density at radius 2 is 2.27 bits per heavy atom. The number of ether oxygens (including phenoxy) is 1. The van der Waals surface area contributed by atoms with Gasteiger partial charge in [-0.2, -0.15) is 11.8 Å². The fraction of sp³-hybridized carbons (Fsp3) is 0.833. The van der Waals surface area contributed by atoms with E-state index < -0.39 is 5.60 Å². The first-order valence-corrected chi connectivity index (χ1v) is 6.83. The SMILES string of the molecule is CC1(C)CCSCC1(O)C1=COCCC1. The molecule has 2 aliphatic heterocycles. The standard InChI is InChI=1S/C12H20O2S/c1-11(2)5-7-15-9-12(11,13)10-4-3-6-14-8-10/h8,13H,3-7,9H2,1-2H3. The molecule has 2 aliphatic rings. The van der Waals surface area contributed by atoms with E-state index in [0.29, 0.717) is 0 Å². The molecule has 1 N–H and O–H groups in total. The second-order valence-electron chi connectivity index (χ2n) is 5.16. The highest BCUT2D eigenvalue weighted by Crippen LogP contribution is 2.47. The summed E-state index contributed by atoms with van der Waals surface area (Å²) in [5, 5.41) is 10.9. The topological polar surface area (TPSA) is 29.5 Å². The van der Waals surface area contributed by atoms with Crippen molar-refractivity contribution in [2.75, 3.05) is 18.1 Å². The zero-order chi connectivity index (χ0) is 10.9. The molecule has 2 heterocycles. The second-order valence-corrected chi connectivity index (χ2v) is 6.27. The van der Waals surface area contributed by atoms with Gasteiger partial charge in [0.2, 0.25) is 0 Å². The van der Waals surface area contributed by atoms with Crippen LogP contribution in [0.2, 0.25) is 0 Å². The molecule has 2 rings (SSSR count). The van der Waals surface area contributed by atoms with E-state index in [1.165, 1.54) is 0 Å². The van der Waals surface area contributed by atoms with Crippen molar-refractivity contribution < 1.29 is 9.84 Å². The van der Waals surface area contributed by atoms with Gasteiger partial charge in [-0.05, 0) is 36.0 Å². The van der Waals surface area contributed by atoms with Gasteiger partial charge in [-0.25, -0.2) is 0 Å². The third-order valence-electron chi connectivity index (χ3n) is 3.77. The molecule has 15 heavy (non-hydrogen) atoms. The van der Waals surface area contributed by atoms with E-state index in [2.05, 4.69) is 13.8 Å². The summed E-state index contributed by atoms with van der Waals surface area (Å²) in [6.07, 6.45) is 4.90. The molecule has 86 valence electrons. The number of aliphatic hydroxyl groups is 1. The van der Waals surface area contributed by atoms with Crippen LogP contribution in [0, 0.1) is 5.41 Å². The molecule has 3 heteroatoms. The second kappa shape index (κ2) is 4.02. The Morgan fingerprint density at radius 3 is 2.87 bits per heavy atom. The van der Waals surface area contributed by atoms with Gasteiger partial charge in [0.05, 0.1) is 12.9 Å². The molecular weight excluding hydrogens is 208 g/mol. The molecule has 1 fully saturated rings. The highest BCUT2D eigenvalue weighted by molar-refractivity contribution is 7.99. The molecule has 1 atom stereocenters. The smallest absolute Gasteiger partial charge is 0.103 e. The van der Waals surface area contributed by atoms with Crippen LogP contribution in [0.3, 0.4) is 0 Å². The van der Waals surface area contributed by atoms with Crippen LogP contribution in [0.25, 0.3) is 0 Å². The minimum Gasteiger partial charge on any atom is -0.501 e. The van der Waals surface area contributed by atoms with Crippen LogP contribution in [-0.4, -0.2) is 28.8 Å². The third-order valence-corrected chi connectivity index (χ3v) is 4.88. The summed E-state index contributed by atoms with van der Waals surface area (Å²) >= 11 is 1.85. The maximum Gasteiger partial charge on any atom is 0.103 e. The van der Waals surface area contributed by atoms with Crippen molar-refractivity contribution in [2.45, 2.75) is 38.7 Å². The first kappa shape index (κ1) is 11.3. The Balaban J connectivity index is 2.25. The van der Waals surface area contributed by atoms with Gasteiger partial charge in [0.25, 0.3) is 0 Å². The summed E-state index contributed by atoms with van der Waals surface area (Å²) in [7, 11) is 0. The average Bonchev–Trinajstić information content (AvgIpc) is 2.24. The largest absolute Gasteiger partial charge is 0.501 e. The Hall–Kier alpha value is -0.150. The molecule has 0 radical (unpaired) electrons. The lowest BCUT2D eigenvalue weighted by atomic mass is 9.68. The zero-order valence-electron chi connectivity index (χ0n) is 9.58. The van der Waals surface area contributed by atoms with Crippen LogP contribution in [0.5, 0.6) is 0 Å². The van der Waals surface area contributed by atoms with Crippen LogP contribution >= 0.6 is 11.8 Å². The maximum absolute atomic E-state index is 10.9. The van der Waals surface area contributed by atoms with Crippen molar-refractivity contribution in [3.63, 3.8) is 0 Å². The molecule has 2 nitrogen and oxygen atoms in total. The number of rotatable bonds is 1. The Morgan fingerprint density at radius 1 is 1.47 bits per heavy atom. The molecule has 1 unspecified atom stereocenters. The minimum absolute atomic E-state index is 0.0230. The Bertz CT molecular complexity index is 273. The van der Waals surface area contributed by atoms with Crippen molar-refractivity contribution in [2.24, 2.45) is 5.41 Å². The van der Waals surface area contributed by atoms with Gasteiger partial charge in [-0.3, -0.25) is 0 Å². The van der Waals surface area contributed by atoms with Gasteiger partial charge in [0, 0.05) is 5.75 Å². The molecule has 0 amide bonds. The predicted octanol–water partition coefficient (Wildman–Crippen LogP) is 2.57. The summed E-state index contributed by atoms with van der Waals surface area (Å²) in [5.74, 6) is 1.97. The quantitative estimate of drug-likeness (QED) is 0.748. The van der Waals surface area contributed by atoms with E-state index in [-0.39, 0.29) is 5.41 Å². The monoisotopic (exact) mass is 228 g/mol. The van der Waals surface area contributed by atoms with Gasteiger partial charge in [-0.1, -0.05) is 13.8 Å². The molecule has 0 spiro atoms. The highest BCUT2D eigenvalue weighted by Gasteiger charge is 2.48. The van der Waals surface area contributed by atoms with E-state index >= 15 is 0 Å². The fourth-order valence-corrected chi connectivity index (χ4v) is 4.02. The molecule has 0 aromatic rings. The summed E-state index contributed by atoms with van der Waals surface area (Å²) in [6.45, 7) is 5.14. The third kappa shape index (κ3) is 1.92. The van der Waals surface area contributed by atoms with Crippen molar-refractivity contribution in [3.8, 4) is 0 Å². The summed E-state index contributed by atoms with van der Waals surface area (Å²) < 4.78 is 5.36. The van der Waals surface area contributed by atoms with Crippen molar-refractivity contribution in [1.29, 1.82) is 0 Å². The van der Waals surface area contributed by atoms with Gasteiger partial charge >= 0.3 is 0 Å². The summed E-state index contributed by atoms with van der Waals surface area (Å²) in [6, 6.07) is 0. The molecule has 1 saturated heterocycles. The van der Waals surface area contributed by atoms with E-state index in [0.717, 1.165) is 42.9 Å². The van der Waals surface area contributed by atoms with Crippen molar-refractivity contribution >= 4 is 11.8 Å². The normalized spacial score (nSPS) is 35.5. The lowest BCUT2D eigenvalue weighted by Crippen LogP contribution is -2.51. The van der Waals surface area contributed by atoms with Gasteiger partial charge < -0.3 is 9.84 Å². The van der Waals surface area contributed by atoms with Gasteiger partial charge in [0.15, 0.2) is 0 Å². The lowest BCUT2D eigenvalue weighted by molar-refractivity contribution is -0.0280. The maximum atomic E-state index is 10.9. The molecular formula is C12H20O2S. The fourth-order valence-electron chi connectivity index (χ4n) is 2.35.